The molecule has 17 nitrogen and oxygen atoms in total. The zero-order valence-electron chi connectivity index (χ0n) is 36.8. The molecule has 0 radical (unpaired) electrons. The molecule has 0 aromatic rings. The molecule has 0 aromatic heterocycles. The monoisotopic (exact) mass is 886 g/mol. The topological polar surface area (TPSA) is 256 Å². The van der Waals surface area contributed by atoms with E-state index in [4.69, 9.17) is 37.9 Å². The first-order chi connectivity index (χ1) is 29.4. The molecule has 62 heavy (non-hydrogen) atoms. The first-order valence-electron chi connectivity index (χ1n) is 23.7. The zero-order valence-corrected chi connectivity index (χ0v) is 36.8. The molecular formula is C45H74O17. The Labute approximate surface area is 364 Å². The Kier molecular flexibility index (Phi) is 13.1. The van der Waals surface area contributed by atoms with Crippen molar-refractivity contribution in [3.8, 4) is 0 Å². The quantitative estimate of drug-likeness (QED) is 0.149. The number of hydrogen-bond donors (Lipinski definition) is 9. The zero-order chi connectivity index (χ0) is 44.2. The Hall–Kier alpha value is -0.680. The molecule has 9 rings (SSSR count). The van der Waals surface area contributed by atoms with Crippen molar-refractivity contribution in [3.63, 3.8) is 0 Å². The van der Waals surface area contributed by atoms with E-state index in [0.717, 1.165) is 51.6 Å². The van der Waals surface area contributed by atoms with Gasteiger partial charge in [0.15, 0.2) is 24.7 Å². The highest BCUT2D eigenvalue weighted by atomic mass is 16.8. The third-order valence-electron chi connectivity index (χ3n) is 18.2. The van der Waals surface area contributed by atoms with Crippen molar-refractivity contribution in [2.45, 2.75) is 209 Å². The van der Waals surface area contributed by atoms with E-state index >= 15 is 0 Å². The molecule has 356 valence electrons. The molecule has 1 spiro atoms. The van der Waals surface area contributed by atoms with Crippen LogP contribution in [0.4, 0.5) is 0 Å². The summed E-state index contributed by atoms with van der Waals surface area (Å²) in [7, 11) is 0. The van der Waals surface area contributed by atoms with Crippen LogP contribution in [0.3, 0.4) is 0 Å². The minimum atomic E-state index is -1.85. The fourth-order valence-electron chi connectivity index (χ4n) is 14.6. The predicted molar refractivity (Wildman–Crippen MR) is 214 cm³/mol. The van der Waals surface area contributed by atoms with Crippen molar-refractivity contribution < 1.29 is 83.9 Å². The molecule has 4 saturated carbocycles. The van der Waals surface area contributed by atoms with Crippen LogP contribution in [0.25, 0.3) is 0 Å². The van der Waals surface area contributed by atoms with Crippen LogP contribution < -0.4 is 0 Å². The normalized spacial score (nSPS) is 58.9. The van der Waals surface area contributed by atoms with Crippen LogP contribution in [0, 0.1) is 52.3 Å². The van der Waals surface area contributed by atoms with E-state index in [-0.39, 0.29) is 23.0 Å². The Bertz CT molecular complexity index is 1550. The van der Waals surface area contributed by atoms with Crippen molar-refractivity contribution >= 4 is 0 Å². The lowest BCUT2D eigenvalue weighted by Crippen LogP contribution is -2.66. The fraction of sp³-hybridized carbons (Fsp3) is 1.00. The van der Waals surface area contributed by atoms with Gasteiger partial charge in [-0.2, -0.15) is 0 Å². The summed E-state index contributed by atoms with van der Waals surface area (Å²) in [4.78, 5) is 0. The Morgan fingerprint density at radius 3 is 1.94 bits per heavy atom. The summed E-state index contributed by atoms with van der Waals surface area (Å²) in [5.41, 5.74) is 0.384. The lowest BCUT2D eigenvalue weighted by atomic mass is 9.44. The number of rotatable bonds is 8. The number of hydrogen-bond acceptors (Lipinski definition) is 17. The molecule has 5 heterocycles. The van der Waals surface area contributed by atoms with Gasteiger partial charge in [0.2, 0.25) is 0 Å². The first kappa shape index (κ1) is 46.4. The van der Waals surface area contributed by atoms with E-state index in [1.54, 1.807) is 6.92 Å². The van der Waals surface area contributed by atoms with Crippen LogP contribution in [0.5, 0.6) is 0 Å². The molecule has 9 N–H and O–H groups in total. The average molecular weight is 887 g/mol. The average Bonchev–Trinajstić information content (AvgIpc) is 3.70. The van der Waals surface area contributed by atoms with E-state index in [1.807, 2.05) is 0 Å². The van der Waals surface area contributed by atoms with E-state index in [2.05, 4.69) is 27.7 Å². The molecule has 5 aliphatic heterocycles. The van der Waals surface area contributed by atoms with Crippen LogP contribution in [0.1, 0.15) is 98.8 Å². The van der Waals surface area contributed by atoms with Crippen LogP contribution in [0.2, 0.25) is 0 Å². The number of ether oxygens (including phenoxy) is 8. The lowest BCUT2D eigenvalue weighted by Gasteiger charge is -2.61. The van der Waals surface area contributed by atoms with Gasteiger partial charge in [-0.3, -0.25) is 0 Å². The van der Waals surface area contributed by atoms with Gasteiger partial charge >= 0.3 is 0 Å². The number of fused-ring (bicyclic) bond motifs is 7. The second-order valence-electron chi connectivity index (χ2n) is 21.5. The van der Waals surface area contributed by atoms with Gasteiger partial charge in [-0.25, -0.2) is 0 Å². The summed E-state index contributed by atoms with van der Waals surface area (Å²) in [5, 5.41) is 95.6. The van der Waals surface area contributed by atoms with Crippen molar-refractivity contribution in [2.75, 3.05) is 19.8 Å². The molecule has 0 aromatic carbocycles. The van der Waals surface area contributed by atoms with Crippen molar-refractivity contribution in [3.05, 3.63) is 0 Å². The maximum absolute atomic E-state index is 11.4. The van der Waals surface area contributed by atoms with E-state index < -0.39 is 111 Å². The minimum absolute atomic E-state index is 0.147. The molecule has 0 unspecified atom stereocenters. The standard InChI is InChI=1S/C45H74O17/c1-19-8-13-45(55-18-19)20(2)30-27(62-45)15-26-24-7-6-22-14-23(9-11-43(22,4)25(24)10-12-44(26,30)5)57-42-39(34(51)31(48)21(3)56-42)61-41-37(54)35(52)38(29(17-47)59-41)60-40-36(53)33(50)32(49)28(16-46)58-40/h19-42,46-54H,6-18H2,1-5H3/t19-,20-,21+,22+,23-,24-,25+,26+,27-,28+,29+,30-,31+,32+,33-,34-,35+,36+,37+,38+,39+,40-,41-,42-,43-,44-,45-/m1/s1. The summed E-state index contributed by atoms with van der Waals surface area (Å²) in [6.07, 6.45) is -12.2. The molecule has 0 amide bonds. The van der Waals surface area contributed by atoms with Gasteiger partial charge in [0, 0.05) is 12.3 Å². The summed E-state index contributed by atoms with van der Waals surface area (Å²) in [5.74, 6) is 3.37. The fourth-order valence-corrected chi connectivity index (χ4v) is 14.6. The SMILES string of the molecule is C[C@@H]1CC[C@@]2(OC1)O[C@@H]1C[C@H]3[C@@H]4CC[C@H]5C[C@H](O[C@H]6O[C@@H](C)[C@H](O)[C@@H](O)[C@@H]6O[C@H]6O[C@@H](CO)[C@H](O[C@H]7O[C@@H](CO)[C@H](O)[C@@H](O)[C@@H]7O)[C@@H](O)[C@@H]6O)CC[C@@]5(C)[C@H]4CC[C@@]3(C)[C@@H]1[C@H]2C. The molecule has 9 aliphatic rings. The van der Waals surface area contributed by atoms with Gasteiger partial charge < -0.3 is 83.9 Å². The predicted octanol–water partition coefficient (Wildman–Crippen LogP) is 0.294. The Morgan fingerprint density at radius 1 is 0.581 bits per heavy atom. The number of aliphatic hydroxyl groups is 9. The smallest absolute Gasteiger partial charge is 0.187 e. The van der Waals surface area contributed by atoms with Crippen LogP contribution in [-0.2, 0) is 37.9 Å². The van der Waals surface area contributed by atoms with Crippen LogP contribution >= 0.6 is 0 Å². The summed E-state index contributed by atoms with van der Waals surface area (Å²) >= 11 is 0. The molecule has 9 fully saturated rings. The van der Waals surface area contributed by atoms with Gasteiger partial charge in [0.25, 0.3) is 0 Å². The molecule has 0 bridgehead atoms. The second kappa shape index (κ2) is 17.4. The lowest BCUT2D eigenvalue weighted by molar-refractivity contribution is -0.386. The highest BCUT2D eigenvalue weighted by molar-refractivity contribution is 5.15. The molecule has 17 heteroatoms. The van der Waals surface area contributed by atoms with Gasteiger partial charge in [0.05, 0.1) is 38.1 Å². The van der Waals surface area contributed by atoms with Crippen molar-refractivity contribution in [2.24, 2.45) is 52.3 Å². The van der Waals surface area contributed by atoms with Crippen molar-refractivity contribution in [1.29, 1.82) is 0 Å². The van der Waals surface area contributed by atoms with Gasteiger partial charge in [-0.15, -0.1) is 0 Å². The van der Waals surface area contributed by atoms with Crippen LogP contribution in [0.15, 0.2) is 0 Å². The first-order valence-corrected chi connectivity index (χ1v) is 23.7. The second-order valence-corrected chi connectivity index (χ2v) is 21.5. The van der Waals surface area contributed by atoms with Gasteiger partial charge in [-0.05, 0) is 111 Å². The molecule has 4 aliphatic carbocycles. The summed E-state index contributed by atoms with van der Waals surface area (Å²) in [6.45, 7) is 10.7. The Morgan fingerprint density at radius 2 is 1.24 bits per heavy atom. The molecular weight excluding hydrogens is 812 g/mol. The molecule has 27 atom stereocenters. The third-order valence-corrected chi connectivity index (χ3v) is 18.2. The highest BCUT2D eigenvalue weighted by Crippen LogP contribution is 2.71. The van der Waals surface area contributed by atoms with Gasteiger partial charge in [-0.1, -0.05) is 27.7 Å². The van der Waals surface area contributed by atoms with Crippen LogP contribution in [-0.4, -0.2) is 176 Å². The minimum Gasteiger partial charge on any atom is -0.394 e. The van der Waals surface area contributed by atoms with Crippen molar-refractivity contribution in [1.82, 2.24) is 0 Å². The van der Waals surface area contributed by atoms with E-state index in [0.29, 0.717) is 41.4 Å². The largest absolute Gasteiger partial charge is 0.394 e. The highest BCUT2D eigenvalue weighted by Gasteiger charge is 2.69. The maximum Gasteiger partial charge on any atom is 0.187 e. The maximum atomic E-state index is 11.4. The Balaban J connectivity index is 0.844. The molecule has 5 saturated heterocycles. The van der Waals surface area contributed by atoms with E-state index in [9.17, 15) is 46.0 Å². The summed E-state index contributed by atoms with van der Waals surface area (Å²) < 4.78 is 49.5. The third kappa shape index (κ3) is 7.56. The number of aliphatic hydroxyl groups excluding tert-OH is 9. The van der Waals surface area contributed by atoms with Gasteiger partial charge in [0.1, 0.15) is 67.1 Å². The van der Waals surface area contributed by atoms with E-state index in [1.165, 1.54) is 19.3 Å². The summed E-state index contributed by atoms with van der Waals surface area (Å²) in [6, 6.07) is 0.